The molecule has 1 aromatic carbocycles. The van der Waals surface area contributed by atoms with E-state index in [1.807, 2.05) is 6.07 Å². The van der Waals surface area contributed by atoms with Gasteiger partial charge in [-0.2, -0.15) is 5.26 Å². The van der Waals surface area contributed by atoms with E-state index in [1.165, 1.54) is 0 Å². The summed E-state index contributed by atoms with van der Waals surface area (Å²) in [6.45, 7) is 1.80. The molecule has 1 aromatic rings. The minimum Gasteiger partial charge on any atom is -0.192 e. The van der Waals surface area contributed by atoms with Gasteiger partial charge in [-0.15, -0.1) is 0 Å². The Labute approximate surface area is 57.4 Å². The minimum absolute atomic E-state index is 0.137. The third-order valence-corrected chi connectivity index (χ3v) is 1.00. The van der Waals surface area contributed by atoms with E-state index in [2.05, 4.69) is 0 Å². The van der Waals surface area contributed by atoms with E-state index in [9.17, 15) is 0 Å². The zero-order valence-corrected chi connectivity index (χ0v) is 5.10. The van der Waals surface area contributed by atoms with Crippen LogP contribution in [0.5, 0.6) is 0 Å². The Balaban J connectivity index is 3.40. The maximum absolute atomic E-state index is 8.50. The Morgan fingerprint density at radius 2 is 2.11 bits per heavy atom. The van der Waals surface area contributed by atoms with E-state index in [0.29, 0.717) is 0 Å². The third kappa shape index (κ3) is 1.30. The summed E-state index contributed by atoms with van der Waals surface area (Å²) in [5.74, 6) is 0. The van der Waals surface area contributed by atoms with Gasteiger partial charge in [-0.1, -0.05) is 17.7 Å². The second kappa shape index (κ2) is 2.32. The molecule has 0 saturated carbocycles. The first-order valence-electron chi connectivity index (χ1n) is 3.63. The highest BCUT2D eigenvalue weighted by Gasteiger charge is 1.84. The van der Waals surface area contributed by atoms with Gasteiger partial charge in [0, 0.05) is 0 Å². The van der Waals surface area contributed by atoms with Crippen molar-refractivity contribution in [1.29, 1.82) is 5.26 Å². The van der Waals surface area contributed by atoms with Crippen molar-refractivity contribution in [1.82, 2.24) is 0 Å². The highest BCUT2D eigenvalue weighted by atomic mass is 14.2. The van der Waals surface area contributed by atoms with Gasteiger partial charge in [0.25, 0.3) is 0 Å². The first-order chi connectivity index (χ1) is 5.15. The highest BCUT2D eigenvalue weighted by Crippen LogP contribution is 1.99. The Morgan fingerprint density at radius 1 is 1.56 bits per heavy atom. The summed E-state index contributed by atoms with van der Waals surface area (Å²) in [4.78, 5) is 0. The standard InChI is InChI=1S/C8H7N/c1-7-2-4-8(6-9)5-3-7/h2-5H,1H3/i4D,5D. The summed E-state index contributed by atoms with van der Waals surface area (Å²) >= 11 is 0. The molecule has 0 saturated heterocycles. The van der Waals surface area contributed by atoms with Gasteiger partial charge < -0.3 is 0 Å². The van der Waals surface area contributed by atoms with E-state index in [0.717, 1.165) is 5.56 Å². The highest BCUT2D eigenvalue weighted by molar-refractivity contribution is 5.30. The van der Waals surface area contributed by atoms with Gasteiger partial charge in [0.2, 0.25) is 0 Å². The van der Waals surface area contributed by atoms with Gasteiger partial charge >= 0.3 is 0 Å². The van der Waals surface area contributed by atoms with Gasteiger partial charge in [0.05, 0.1) is 14.4 Å². The minimum atomic E-state index is 0.137. The van der Waals surface area contributed by atoms with Crippen LogP contribution in [-0.2, 0) is 0 Å². The van der Waals surface area contributed by atoms with Gasteiger partial charge in [0.15, 0.2) is 0 Å². The molecule has 44 valence electrons. The van der Waals surface area contributed by atoms with Crippen molar-refractivity contribution in [3.8, 4) is 6.07 Å². The van der Waals surface area contributed by atoms with Crippen molar-refractivity contribution in [2.24, 2.45) is 0 Å². The molecule has 0 unspecified atom stereocenters. The van der Waals surface area contributed by atoms with Crippen LogP contribution in [0, 0.1) is 18.3 Å². The lowest BCUT2D eigenvalue weighted by Crippen LogP contribution is -1.72. The van der Waals surface area contributed by atoms with Crippen LogP contribution in [0.3, 0.4) is 0 Å². The van der Waals surface area contributed by atoms with Crippen molar-refractivity contribution < 1.29 is 2.74 Å². The van der Waals surface area contributed by atoms with Crippen molar-refractivity contribution in [2.75, 3.05) is 0 Å². The van der Waals surface area contributed by atoms with Gasteiger partial charge in [-0.05, 0) is 19.0 Å². The Kier molecular flexibility index (Phi) is 0.949. The molecule has 0 atom stereocenters. The summed E-state index contributed by atoms with van der Waals surface area (Å²) in [6, 6.07) is 5.25. The fraction of sp³-hybridized carbons (Fsp3) is 0.125. The topological polar surface area (TPSA) is 23.8 Å². The average molecular weight is 119 g/mol. The fourth-order valence-corrected chi connectivity index (χ4v) is 0.520. The lowest BCUT2D eigenvalue weighted by molar-refractivity contribution is 1.43. The molecule has 1 rings (SSSR count). The Bertz CT molecular complexity index is 302. The maximum Gasteiger partial charge on any atom is 0.0991 e. The van der Waals surface area contributed by atoms with E-state index >= 15 is 0 Å². The van der Waals surface area contributed by atoms with Crippen LogP contribution in [0.4, 0.5) is 0 Å². The first-order valence-corrected chi connectivity index (χ1v) is 2.63. The summed E-state index contributed by atoms with van der Waals surface area (Å²) in [6.07, 6.45) is 0. The van der Waals surface area contributed by atoms with Gasteiger partial charge in [0.1, 0.15) is 0 Å². The van der Waals surface area contributed by atoms with Crippen molar-refractivity contribution in [3.05, 3.63) is 35.3 Å². The van der Waals surface area contributed by atoms with Crippen LogP contribution in [0.1, 0.15) is 13.9 Å². The fourth-order valence-electron chi connectivity index (χ4n) is 0.520. The summed E-state index contributed by atoms with van der Waals surface area (Å²) in [5, 5.41) is 8.50. The van der Waals surface area contributed by atoms with E-state index in [-0.39, 0.29) is 17.6 Å². The normalized spacial score (nSPS) is 11.6. The molecule has 0 aromatic heterocycles. The molecule has 0 N–H and O–H groups in total. The lowest BCUT2D eigenvalue weighted by Gasteiger charge is -1.88. The molecule has 0 aliphatic carbocycles. The second-order valence-corrected chi connectivity index (χ2v) is 1.81. The SMILES string of the molecule is [2H]c1cc(C)cc([2H])c1C#N. The van der Waals surface area contributed by atoms with Crippen LogP contribution in [0.25, 0.3) is 0 Å². The summed E-state index contributed by atoms with van der Waals surface area (Å²) in [5.41, 5.74) is 0.995. The number of nitriles is 1. The van der Waals surface area contributed by atoms with Crippen LogP contribution in [-0.4, -0.2) is 0 Å². The van der Waals surface area contributed by atoms with Crippen molar-refractivity contribution in [3.63, 3.8) is 0 Å². The monoisotopic (exact) mass is 119 g/mol. The molecule has 0 amide bonds. The molecule has 9 heavy (non-hydrogen) atoms. The quantitative estimate of drug-likeness (QED) is 0.511. The number of hydrogen-bond acceptors (Lipinski definition) is 1. The van der Waals surface area contributed by atoms with Crippen LogP contribution in [0.15, 0.2) is 24.2 Å². The molecule has 0 aliphatic heterocycles. The van der Waals surface area contributed by atoms with Crippen LogP contribution < -0.4 is 0 Å². The molecule has 0 fully saturated rings. The average Bonchev–Trinajstić information content (AvgIpc) is 1.85. The molecule has 1 nitrogen and oxygen atoms in total. The van der Waals surface area contributed by atoms with Gasteiger partial charge in [-0.3, -0.25) is 0 Å². The Morgan fingerprint density at radius 3 is 2.56 bits per heavy atom. The molecule has 0 spiro atoms. The van der Waals surface area contributed by atoms with E-state index in [4.69, 9.17) is 8.00 Å². The maximum atomic E-state index is 8.50. The summed E-state index contributed by atoms with van der Waals surface area (Å²) in [7, 11) is 0. The van der Waals surface area contributed by atoms with Crippen LogP contribution >= 0.6 is 0 Å². The lowest BCUT2D eigenvalue weighted by atomic mass is 10.2. The second-order valence-electron chi connectivity index (χ2n) is 1.81. The van der Waals surface area contributed by atoms with E-state index < -0.39 is 0 Å². The first kappa shape index (κ1) is 3.68. The number of aryl methyl sites for hydroxylation is 1. The molecule has 0 heterocycles. The molecule has 0 bridgehead atoms. The predicted octanol–water partition coefficient (Wildman–Crippen LogP) is 1.87. The van der Waals surface area contributed by atoms with Crippen molar-refractivity contribution >= 4 is 0 Å². The number of benzene rings is 1. The number of nitrogens with zero attached hydrogens (tertiary/aromatic N) is 1. The van der Waals surface area contributed by atoms with Crippen LogP contribution in [0.2, 0.25) is 0 Å². The molecule has 0 radical (unpaired) electrons. The molecular formula is C8H7N. The molecular weight excluding hydrogens is 110 g/mol. The molecule has 0 aliphatic rings. The Hall–Kier alpha value is -1.29. The largest absolute Gasteiger partial charge is 0.192 e. The third-order valence-electron chi connectivity index (χ3n) is 1.00. The van der Waals surface area contributed by atoms with Gasteiger partial charge in [-0.25, -0.2) is 0 Å². The predicted molar refractivity (Wildman–Crippen MR) is 35.9 cm³/mol. The number of hydrogen-bond donors (Lipinski definition) is 0. The van der Waals surface area contributed by atoms with E-state index in [1.54, 1.807) is 19.1 Å². The van der Waals surface area contributed by atoms with Crippen molar-refractivity contribution in [2.45, 2.75) is 6.92 Å². The molecule has 1 heteroatoms. The zero-order chi connectivity index (χ0) is 8.43. The summed E-state index contributed by atoms with van der Waals surface area (Å²) < 4.78 is 14.6. The zero-order valence-electron chi connectivity index (χ0n) is 7.10. The number of rotatable bonds is 0. The smallest absolute Gasteiger partial charge is 0.0991 e.